The van der Waals surface area contributed by atoms with Crippen molar-refractivity contribution in [1.29, 1.82) is 0 Å². The van der Waals surface area contributed by atoms with Crippen molar-refractivity contribution in [3.63, 3.8) is 0 Å². The highest BCUT2D eigenvalue weighted by Crippen LogP contribution is 2.35. The van der Waals surface area contributed by atoms with Gasteiger partial charge in [-0.1, -0.05) is 30.7 Å². The molecule has 3 heteroatoms. The molecule has 1 aliphatic rings. The number of aryl methyl sites for hydroxylation is 1. The number of aliphatic hydroxyl groups excluding tert-OH is 1. The third-order valence-electron chi connectivity index (χ3n) is 3.79. The van der Waals surface area contributed by atoms with Crippen LogP contribution >= 0.6 is 0 Å². The molecule has 0 aliphatic carbocycles. The molecule has 0 saturated heterocycles. The molecular formula is C14H22N2O. The van der Waals surface area contributed by atoms with E-state index in [2.05, 4.69) is 36.9 Å². The van der Waals surface area contributed by atoms with Gasteiger partial charge in [0.15, 0.2) is 0 Å². The van der Waals surface area contributed by atoms with Crippen LogP contribution < -0.4 is 5.73 Å². The number of hydrogen-bond donors (Lipinski definition) is 2. The van der Waals surface area contributed by atoms with Crippen LogP contribution in [0.2, 0.25) is 0 Å². The Hall–Kier alpha value is -0.900. The molecule has 2 atom stereocenters. The molecule has 94 valence electrons. The van der Waals surface area contributed by atoms with E-state index in [0.29, 0.717) is 6.54 Å². The van der Waals surface area contributed by atoms with Crippen LogP contribution in [0, 0.1) is 6.92 Å². The third-order valence-corrected chi connectivity index (χ3v) is 3.79. The molecule has 0 spiro atoms. The van der Waals surface area contributed by atoms with Gasteiger partial charge in [-0.3, -0.25) is 4.90 Å². The minimum atomic E-state index is 0.208. The number of fused-ring (bicyclic) bond motifs is 1. The standard InChI is InChI=1S/C14H22N2O/c1-3-12(9-17)16-8-11-5-4-10(2)6-13(11)14(16)7-15/h4-6,12,14,17H,3,7-9,15H2,1-2H3. The zero-order chi connectivity index (χ0) is 12.4. The molecule has 0 bridgehead atoms. The molecule has 3 nitrogen and oxygen atoms in total. The van der Waals surface area contributed by atoms with Gasteiger partial charge in [0.25, 0.3) is 0 Å². The first-order valence-electron chi connectivity index (χ1n) is 6.37. The molecule has 1 aliphatic heterocycles. The van der Waals surface area contributed by atoms with E-state index in [4.69, 9.17) is 5.73 Å². The van der Waals surface area contributed by atoms with E-state index < -0.39 is 0 Å². The maximum atomic E-state index is 9.45. The second kappa shape index (κ2) is 5.17. The van der Waals surface area contributed by atoms with E-state index in [9.17, 15) is 5.11 Å². The zero-order valence-corrected chi connectivity index (χ0v) is 10.7. The van der Waals surface area contributed by atoms with Gasteiger partial charge < -0.3 is 10.8 Å². The Bertz CT molecular complexity index is 388. The molecular weight excluding hydrogens is 212 g/mol. The average Bonchev–Trinajstić information content (AvgIpc) is 2.68. The van der Waals surface area contributed by atoms with Crippen molar-refractivity contribution in [2.45, 2.75) is 38.9 Å². The summed E-state index contributed by atoms with van der Waals surface area (Å²) in [5.41, 5.74) is 9.90. The van der Waals surface area contributed by atoms with Crippen molar-refractivity contribution < 1.29 is 5.11 Å². The molecule has 1 aromatic carbocycles. The smallest absolute Gasteiger partial charge is 0.0587 e. The first-order valence-corrected chi connectivity index (χ1v) is 6.37. The fourth-order valence-electron chi connectivity index (χ4n) is 2.77. The Morgan fingerprint density at radius 3 is 2.88 bits per heavy atom. The average molecular weight is 234 g/mol. The van der Waals surface area contributed by atoms with Crippen LogP contribution in [0.4, 0.5) is 0 Å². The van der Waals surface area contributed by atoms with Gasteiger partial charge in [0.2, 0.25) is 0 Å². The Labute approximate surface area is 103 Å². The Kier molecular flexibility index (Phi) is 3.82. The van der Waals surface area contributed by atoms with Gasteiger partial charge in [-0.15, -0.1) is 0 Å². The highest BCUT2D eigenvalue weighted by molar-refractivity contribution is 5.37. The van der Waals surface area contributed by atoms with Gasteiger partial charge in [-0.25, -0.2) is 0 Å². The number of aliphatic hydroxyl groups is 1. The van der Waals surface area contributed by atoms with E-state index >= 15 is 0 Å². The van der Waals surface area contributed by atoms with Crippen LogP contribution in [0.3, 0.4) is 0 Å². The van der Waals surface area contributed by atoms with E-state index in [1.54, 1.807) is 0 Å². The number of rotatable bonds is 4. The fraction of sp³-hybridized carbons (Fsp3) is 0.571. The van der Waals surface area contributed by atoms with E-state index in [1.165, 1.54) is 16.7 Å². The molecule has 17 heavy (non-hydrogen) atoms. The van der Waals surface area contributed by atoms with E-state index in [0.717, 1.165) is 13.0 Å². The summed E-state index contributed by atoms with van der Waals surface area (Å²) < 4.78 is 0. The first kappa shape index (κ1) is 12.6. The van der Waals surface area contributed by atoms with Gasteiger partial charge in [0, 0.05) is 25.2 Å². The van der Waals surface area contributed by atoms with Gasteiger partial charge in [-0.2, -0.15) is 0 Å². The molecule has 0 radical (unpaired) electrons. The van der Waals surface area contributed by atoms with Crippen LogP contribution in [0.5, 0.6) is 0 Å². The predicted molar refractivity (Wildman–Crippen MR) is 69.7 cm³/mol. The Balaban J connectivity index is 2.31. The summed E-state index contributed by atoms with van der Waals surface area (Å²) >= 11 is 0. The van der Waals surface area contributed by atoms with Crippen LogP contribution in [-0.2, 0) is 6.54 Å². The summed E-state index contributed by atoms with van der Waals surface area (Å²) in [6.07, 6.45) is 0.958. The highest BCUT2D eigenvalue weighted by Gasteiger charge is 2.32. The number of nitrogens with zero attached hydrogens (tertiary/aromatic N) is 1. The van der Waals surface area contributed by atoms with Crippen molar-refractivity contribution in [1.82, 2.24) is 4.90 Å². The first-order chi connectivity index (χ1) is 8.21. The molecule has 3 N–H and O–H groups in total. The third kappa shape index (κ3) is 2.23. The SMILES string of the molecule is CCC(CO)N1Cc2ccc(C)cc2C1CN. The van der Waals surface area contributed by atoms with Crippen molar-refractivity contribution >= 4 is 0 Å². The lowest BCUT2D eigenvalue weighted by Gasteiger charge is -2.30. The normalized spacial score (nSPS) is 21.5. The lowest BCUT2D eigenvalue weighted by atomic mass is 10.0. The number of nitrogens with two attached hydrogens (primary N) is 1. The molecule has 0 amide bonds. The Morgan fingerprint density at radius 2 is 2.29 bits per heavy atom. The second-order valence-corrected chi connectivity index (χ2v) is 4.87. The molecule has 0 aromatic heterocycles. The predicted octanol–water partition coefficient (Wildman–Crippen LogP) is 1.58. The topological polar surface area (TPSA) is 49.5 Å². The summed E-state index contributed by atoms with van der Waals surface area (Å²) in [7, 11) is 0. The number of hydrogen-bond acceptors (Lipinski definition) is 3. The summed E-state index contributed by atoms with van der Waals surface area (Å²) in [5, 5.41) is 9.45. The highest BCUT2D eigenvalue weighted by atomic mass is 16.3. The maximum Gasteiger partial charge on any atom is 0.0587 e. The molecule has 0 saturated carbocycles. The lowest BCUT2D eigenvalue weighted by Crippen LogP contribution is -2.38. The zero-order valence-electron chi connectivity index (χ0n) is 10.7. The monoisotopic (exact) mass is 234 g/mol. The second-order valence-electron chi connectivity index (χ2n) is 4.87. The lowest BCUT2D eigenvalue weighted by molar-refractivity contribution is 0.0895. The summed E-state index contributed by atoms with van der Waals surface area (Å²) in [4.78, 5) is 2.34. The van der Waals surface area contributed by atoms with Gasteiger partial charge in [0.1, 0.15) is 0 Å². The van der Waals surface area contributed by atoms with Gasteiger partial charge >= 0.3 is 0 Å². The molecule has 0 fully saturated rings. The van der Waals surface area contributed by atoms with Crippen LogP contribution in [0.1, 0.15) is 36.1 Å². The Morgan fingerprint density at radius 1 is 1.53 bits per heavy atom. The minimum absolute atomic E-state index is 0.208. The summed E-state index contributed by atoms with van der Waals surface area (Å²) in [6, 6.07) is 7.06. The maximum absolute atomic E-state index is 9.45. The van der Waals surface area contributed by atoms with Crippen LogP contribution in [0.25, 0.3) is 0 Å². The number of benzene rings is 1. The van der Waals surface area contributed by atoms with Crippen LogP contribution in [-0.4, -0.2) is 29.2 Å². The van der Waals surface area contributed by atoms with Crippen molar-refractivity contribution in [2.24, 2.45) is 5.73 Å². The molecule has 1 aromatic rings. The minimum Gasteiger partial charge on any atom is -0.395 e. The summed E-state index contributed by atoms with van der Waals surface area (Å²) in [5.74, 6) is 0. The molecule has 2 rings (SSSR count). The largest absolute Gasteiger partial charge is 0.395 e. The van der Waals surface area contributed by atoms with Crippen molar-refractivity contribution in [3.8, 4) is 0 Å². The van der Waals surface area contributed by atoms with Gasteiger partial charge in [-0.05, 0) is 24.5 Å². The van der Waals surface area contributed by atoms with Gasteiger partial charge in [0.05, 0.1) is 6.61 Å². The van der Waals surface area contributed by atoms with Crippen LogP contribution in [0.15, 0.2) is 18.2 Å². The van der Waals surface area contributed by atoms with Crippen molar-refractivity contribution in [2.75, 3.05) is 13.2 Å². The van der Waals surface area contributed by atoms with E-state index in [1.807, 2.05) is 0 Å². The molecule has 2 unspecified atom stereocenters. The summed E-state index contributed by atoms with van der Waals surface area (Å²) in [6.45, 7) is 5.96. The van der Waals surface area contributed by atoms with Crippen molar-refractivity contribution in [3.05, 3.63) is 34.9 Å². The quantitative estimate of drug-likeness (QED) is 0.831. The molecule has 1 heterocycles. The van der Waals surface area contributed by atoms with E-state index in [-0.39, 0.29) is 18.7 Å². The fourth-order valence-corrected chi connectivity index (χ4v) is 2.77.